The van der Waals surface area contributed by atoms with E-state index in [2.05, 4.69) is 11.9 Å². The zero-order chi connectivity index (χ0) is 11.3. The monoisotopic (exact) mass is 204 g/mol. The molecule has 80 valence electrons. The van der Waals surface area contributed by atoms with Crippen LogP contribution in [0.25, 0.3) is 6.08 Å². The van der Waals surface area contributed by atoms with Gasteiger partial charge in [-0.3, -0.25) is 4.90 Å². The van der Waals surface area contributed by atoms with Crippen LogP contribution < -0.4 is 10.2 Å². The van der Waals surface area contributed by atoms with Gasteiger partial charge in [0.15, 0.2) is 0 Å². The third kappa shape index (κ3) is 2.84. The van der Waals surface area contributed by atoms with Crippen LogP contribution in [-0.4, -0.2) is 19.6 Å². The van der Waals surface area contributed by atoms with Crippen molar-refractivity contribution in [1.82, 2.24) is 5.32 Å². The third-order valence-electron chi connectivity index (χ3n) is 2.15. The molecule has 3 nitrogen and oxygen atoms in total. The molecule has 1 aromatic carbocycles. The molecule has 0 radical (unpaired) electrons. The molecule has 15 heavy (non-hydrogen) atoms. The fourth-order valence-electron chi connectivity index (χ4n) is 1.22. The van der Waals surface area contributed by atoms with Crippen LogP contribution in [0.15, 0.2) is 30.8 Å². The number of carbonyl (C=O) groups excluding carboxylic acids is 1. The fourth-order valence-corrected chi connectivity index (χ4v) is 1.22. The summed E-state index contributed by atoms with van der Waals surface area (Å²) in [5.41, 5.74) is 1.91. The summed E-state index contributed by atoms with van der Waals surface area (Å²) in [5.74, 6) is 0. The van der Waals surface area contributed by atoms with Gasteiger partial charge < -0.3 is 5.32 Å². The van der Waals surface area contributed by atoms with Crippen molar-refractivity contribution < 1.29 is 4.79 Å². The number of nitrogens with zero attached hydrogens (tertiary/aromatic N) is 1. The Kier molecular flexibility index (Phi) is 3.92. The molecule has 0 saturated carbocycles. The van der Waals surface area contributed by atoms with Crippen LogP contribution in [0.2, 0.25) is 0 Å². The van der Waals surface area contributed by atoms with Crippen LogP contribution in [0, 0.1) is 0 Å². The van der Waals surface area contributed by atoms with Crippen LogP contribution >= 0.6 is 0 Å². The zero-order valence-electron chi connectivity index (χ0n) is 9.16. The molecule has 0 heterocycles. The second kappa shape index (κ2) is 5.20. The first-order valence-electron chi connectivity index (χ1n) is 4.93. The lowest BCUT2D eigenvalue weighted by Crippen LogP contribution is -2.36. The maximum absolute atomic E-state index is 11.5. The van der Waals surface area contributed by atoms with Crippen molar-refractivity contribution >= 4 is 17.8 Å². The van der Waals surface area contributed by atoms with E-state index in [1.54, 1.807) is 18.0 Å². The minimum atomic E-state index is -0.0937. The first kappa shape index (κ1) is 11.3. The molecule has 0 saturated heterocycles. The van der Waals surface area contributed by atoms with E-state index in [1.807, 2.05) is 31.2 Å². The number of rotatable bonds is 3. The average molecular weight is 204 g/mol. The molecule has 1 aromatic rings. The van der Waals surface area contributed by atoms with Crippen molar-refractivity contribution in [2.45, 2.75) is 6.92 Å². The lowest BCUT2D eigenvalue weighted by Gasteiger charge is -2.17. The minimum absolute atomic E-state index is 0.0937. The smallest absolute Gasteiger partial charge is 0.321 e. The molecule has 0 spiro atoms. The van der Waals surface area contributed by atoms with E-state index in [-0.39, 0.29) is 6.03 Å². The Balaban J connectivity index is 2.77. The third-order valence-corrected chi connectivity index (χ3v) is 2.15. The van der Waals surface area contributed by atoms with E-state index in [0.717, 1.165) is 11.3 Å². The van der Waals surface area contributed by atoms with Crippen molar-refractivity contribution in [2.24, 2.45) is 0 Å². The van der Waals surface area contributed by atoms with Gasteiger partial charge in [0, 0.05) is 19.3 Å². The number of anilines is 1. The van der Waals surface area contributed by atoms with Gasteiger partial charge in [0.1, 0.15) is 0 Å². The lowest BCUT2D eigenvalue weighted by atomic mass is 10.2. The van der Waals surface area contributed by atoms with Gasteiger partial charge in [0.25, 0.3) is 0 Å². The highest BCUT2D eigenvalue weighted by atomic mass is 16.2. The van der Waals surface area contributed by atoms with Gasteiger partial charge in [0.05, 0.1) is 0 Å². The summed E-state index contributed by atoms with van der Waals surface area (Å²) >= 11 is 0. The molecule has 0 bridgehead atoms. The number of hydrogen-bond donors (Lipinski definition) is 1. The summed E-state index contributed by atoms with van der Waals surface area (Å²) in [6.07, 6.45) is 1.77. The summed E-state index contributed by atoms with van der Waals surface area (Å²) in [7, 11) is 1.74. The Morgan fingerprint density at radius 1 is 1.47 bits per heavy atom. The van der Waals surface area contributed by atoms with Crippen LogP contribution in [0.5, 0.6) is 0 Å². The average Bonchev–Trinajstić information content (AvgIpc) is 2.28. The SMILES string of the molecule is C=Cc1ccc(N(C)C(=O)NCC)cc1. The van der Waals surface area contributed by atoms with Gasteiger partial charge >= 0.3 is 6.03 Å². The summed E-state index contributed by atoms with van der Waals surface area (Å²) in [6, 6.07) is 7.55. The maximum atomic E-state index is 11.5. The zero-order valence-corrected chi connectivity index (χ0v) is 9.16. The van der Waals surface area contributed by atoms with Crippen LogP contribution in [0.3, 0.4) is 0 Å². The number of nitrogens with one attached hydrogen (secondary N) is 1. The maximum Gasteiger partial charge on any atom is 0.321 e. The summed E-state index contributed by atoms with van der Waals surface area (Å²) < 4.78 is 0. The van der Waals surface area contributed by atoms with Crippen molar-refractivity contribution in [3.63, 3.8) is 0 Å². The Morgan fingerprint density at radius 2 is 2.07 bits per heavy atom. The van der Waals surface area contributed by atoms with Crippen molar-refractivity contribution in [3.8, 4) is 0 Å². The predicted molar refractivity (Wildman–Crippen MR) is 64.0 cm³/mol. The van der Waals surface area contributed by atoms with Gasteiger partial charge in [-0.2, -0.15) is 0 Å². The Morgan fingerprint density at radius 3 is 2.53 bits per heavy atom. The van der Waals surface area contributed by atoms with Crippen LogP contribution in [0.4, 0.5) is 10.5 Å². The van der Waals surface area contributed by atoms with E-state index in [9.17, 15) is 4.79 Å². The summed E-state index contributed by atoms with van der Waals surface area (Å²) in [5, 5.41) is 2.74. The molecule has 0 unspecified atom stereocenters. The first-order valence-corrected chi connectivity index (χ1v) is 4.93. The quantitative estimate of drug-likeness (QED) is 0.806. The van der Waals surface area contributed by atoms with E-state index in [0.29, 0.717) is 6.54 Å². The van der Waals surface area contributed by atoms with Crippen LogP contribution in [0.1, 0.15) is 12.5 Å². The van der Waals surface area contributed by atoms with E-state index in [1.165, 1.54) is 0 Å². The van der Waals surface area contributed by atoms with E-state index < -0.39 is 0 Å². The Hall–Kier alpha value is -1.77. The second-order valence-electron chi connectivity index (χ2n) is 3.19. The number of urea groups is 1. The van der Waals surface area contributed by atoms with Crippen molar-refractivity contribution in [2.75, 3.05) is 18.5 Å². The lowest BCUT2D eigenvalue weighted by molar-refractivity contribution is 0.248. The number of benzene rings is 1. The highest BCUT2D eigenvalue weighted by Crippen LogP contribution is 2.14. The van der Waals surface area contributed by atoms with Crippen LogP contribution in [-0.2, 0) is 0 Å². The van der Waals surface area contributed by atoms with E-state index >= 15 is 0 Å². The van der Waals surface area contributed by atoms with E-state index in [4.69, 9.17) is 0 Å². The highest BCUT2D eigenvalue weighted by molar-refractivity contribution is 5.91. The molecule has 0 fully saturated rings. The van der Waals surface area contributed by atoms with Gasteiger partial charge in [-0.15, -0.1) is 0 Å². The van der Waals surface area contributed by atoms with Crippen molar-refractivity contribution in [3.05, 3.63) is 36.4 Å². The molecule has 1 N–H and O–H groups in total. The molecule has 0 aliphatic rings. The number of amides is 2. The number of carbonyl (C=O) groups is 1. The molecule has 0 aromatic heterocycles. The minimum Gasteiger partial charge on any atom is -0.338 e. The van der Waals surface area contributed by atoms with Crippen molar-refractivity contribution in [1.29, 1.82) is 0 Å². The molecule has 0 aliphatic carbocycles. The molecule has 1 rings (SSSR count). The molecular weight excluding hydrogens is 188 g/mol. The fraction of sp³-hybridized carbons (Fsp3) is 0.250. The van der Waals surface area contributed by atoms with Gasteiger partial charge in [-0.05, 0) is 24.6 Å². The molecule has 0 atom stereocenters. The topological polar surface area (TPSA) is 32.3 Å². The Bertz CT molecular complexity index is 343. The molecular formula is C12H16N2O. The predicted octanol–water partition coefficient (Wildman–Crippen LogP) is 2.50. The standard InChI is InChI=1S/C12H16N2O/c1-4-10-6-8-11(9-7-10)14(3)12(15)13-5-2/h4,6-9H,1,5H2,2-3H3,(H,13,15). The largest absolute Gasteiger partial charge is 0.338 e. The Labute approximate surface area is 90.4 Å². The van der Waals surface area contributed by atoms with Gasteiger partial charge in [-0.1, -0.05) is 24.8 Å². The molecule has 2 amide bonds. The number of hydrogen-bond acceptors (Lipinski definition) is 1. The summed E-state index contributed by atoms with van der Waals surface area (Å²) in [6.45, 7) is 6.21. The van der Waals surface area contributed by atoms with Gasteiger partial charge in [-0.25, -0.2) is 4.79 Å². The van der Waals surface area contributed by atoms with Gasteiger partial charge in [0.2, 0.25) is 0 Å². The highest BCUT2D eigenvalue weighted by Gasteiger charge is 2.08. The normalized spacial score (nSPS) is 9.47. The molecule has 0 aliphatic heterocycles. The summed E-state index contributed by atoms with van der Waals surface area (Å²) in [4.78, 5) is 13.1. The molecule has 3 heteroatoms. The first-order chi connectivity index (χ1) is 7.19. The second-order valence-corrected chi connectivity index (χ2v) is 3.19.